The number of nitrogens with one attached hydrogen (secondary N) is 1. The van der Waals surface area contributed by atoms with Crippen molar-refractivity contribution in [3.05, 3.63) is 34.6 Å². The van der Waals surface area contributed by atoms with Crippen LogP contribution < -0.4 is 5.32 Å². The average Bonchev–Trinajstić information content (AvgIpc) is 2.17. The fourth-order valence-electron chi connectivity index (χ4n) is 1.14. The number of amides is 1. The highest BCUT2D eigenvalue weighted by molar-refractivity contribution is 6.30. The summed E-state index contributed by atoms with van der Waals surface area (Å²) >= 11 is 5.62. The van der Waals surface area contributed by atoms with E-state index in [0.29, 0.717) is 5.56 Å². The molecule has 0 unspecified atom stereocenters. The third-order valence-electron chi connectivity index (χ3n) is 1.82. The molecule has 94 valence electrons. The summed E-state index contributed by atoms with van der Waals surface area (Å²) < 4.78 is 17.9. The van der Waals surface area contributed by atoms with E-state index in [9.17, 15) is 9.18 Å². The van der Waals surface area contributed by atoms with E-state index in [1.54, 1.807) is 26.8 Å². The predicted octanol–water partition coefficient (Wildman–Crippen LogP) is 3.50. The third-order valence-corrected chi connectivity index (χ3v) is 2.11. The Kier molecular flexibility index (Phi) is 4.34. The van der Waals surface area contributed by atoms with Gasteiger partial charge in [-0.05, 0) is 38.5 Å². The number of hydrogen-bond acceptors (Lipinski definition) is 2. The van der Waals surface area contributed by atoms with E-state index in [2.05, 4.69) is 5.32 Å². The van der Waals surface area contributed by atoms with Crippen LogP contribution in [0.25, 0.3) is 0 Å². The third kappa shape index (κ3) is 5.04. The van der Waals surface area contributed by atoms with E-state index in [1.165, 1.54) is 12.1 Å². The lowest BCUT2D eigenvalue weighted by Crippen LogP contribution is -2.32. The van der Waals surface area contributed by atoms with Gasteiger partial charge in [0, 0.05) is 6.54 Å². The van der Waals surface area contributed by atoms with E-state index < -0.39 is 17.5 Å². The van der Waals surface area contributed by atoms with Crippen molar-refractivity contribution in [2.24, 2.45) is 0 Å². The summed E-state index contributed by atoms with van der Waals surface area (Å²) in [7, 11) is 0. The van der Waals surface area contributed by atoms with Crippen LogP contribution in [0.4, 0.5) is 9.18 Å². The highest BCUT2D eigenvalue weighted by atomic mass is 35.5. The first-order valence-corrected chi connectivity index (χ1v) is 5.56. The van der Waals surface area contributed by atoms with E-state index in [4.69, 9.17) is 16.3 Å². The molecular weight excluding hydrogens is 245 g/mol. The van der Waals surface area contributed by atoms with Gasteiger partial charge in [0.1, 0.15) is 11.4 Å². The summed E-state index contributed by atoms with van der Waals surface area (Å²) in [6.45, 7) is 5.58. The second-order valence-electron chi connectivity index (χ2n) is 4.60. The molecular formula is C12H15ClFNO2. The molecule has 3 nitrogen and oxygen atoms in total. The number of carbonyl (C=O) groups excluding carboxylic acids is 1. The molecule has 0 radical (unpaired) electrons. The zero-order valence-electron chi connectivity index (χ0n) is 10.0. The molecule has 1 amide bonds. The van der Waals surface area contributed by atoms with Gasteiger partial charge in [-0.2, -0.15) is 0 Å². The van der Waals surface area contributed by atoms with Gasteiger partial charge >= 0.3 is 6.09 Å². The summed E-state index contributed by atoms with van der Waals surface area (Å²) in [4.78, 5) is 11.3. The average molecular weight is 260 g/mol. The van der Waals surface area contributed by atoms with Gasteiger partial charge in [-0.25, -0.2) is 9.18 Å². The molecule has 1 aromatic rings. The zero-order valence-corrected chi connectivity index (χ0v) is 10.8. The molecule has 1 aromatic carbocycles. The first-order chi connectivity index (χ1) is 7.78. The second-order valence-corrected chi connectivity index (χ2v) is 5.01. The molecule has 0 aliphatic rings. The summed E-state index contributed by atoms with van der Waals surface area (Å²) in [6.07, 6.45) is -0.516. The number of alkyl carbamates (subject to hydrolysis) is 1. The van der Waals surface area contributed by atoms with Crippen LogP contribution >= 0.6 is 11.6 Å². The molecule has 1 rings (SSSR count). The van der Waals surface area contributed by atoms with Gasteiger partial charge in [0.2, 0.25) is 0 Å². The van der Waals surface area contributed by atoms with Crippen LogP contribution in [0.3, 0.4) is 0 Å². The van der Waals surface area contributed by atoms with Gasteiger partial charge in [-0.1, -0.05) is 17.7 Å². The van der Waals surface area contributed by atoms with Gasteiger partial charge in [0.25, 0.3) is 0 Å². The van der Waals surface area contributed by atoms with Crippen molar-refractivity contribution >= 4 is 17.7 Å². The summed E-state index contributed by atoms with van der Waals surface area (Å²) in [6, 6.07) is 4.28. The predicted molar refractivity (Wildman–Crippen MR) is 64.5 cm³/mol. The number of halogens is 2. The Morgan fingerprint density at radius 3 is 2.65 bits per heavy atom. The van der Waals surface area contributed by atoms with Gasteiger partial charge in [-0.3, -0.25) is 0 Å². The highest BCUT2D eigenvalue weighted by Crippen LogP contribution is 2.16. The van der Waals surface area contributed by atoms with Crippen LogP contribution in [0.2, 0.25) is 5.02 Å². The Morgan fingerprint density at radius 1 is 1.47 bits per heavy atom. The Hall–Kier alpha value is -1.29. The monoisotopic (exact) mass is 259 g/mol. The van der Waals surface area contributed by atoms with Gasteiger partial charge in [-0.15, -0.1) is 0 Å². The minimum Gasteiger partial charge on any atom is -0.444 e. The van der Waals surface area contributed by atoms with Crippen molar-refractivity contribution in [1.82, 2.24) is 5.32 Å². The van der Waals surface area contributed by atoms with Crippen molar-refractivity contribution in [2.75, 3.05) is 0 Å². The van der Waals surface area contributed by atoms with Crippen LogP contribution in [0.5, 0.6) is 0 Å². The number of rotatable bonds is 2. The lowest BCUT2D eigenvalue weighted by molar-refractivity contribution is 0.0523. The Bertz CT molecular complexity index is 415. The fourth-order valence-corrected chi connectivity index (χ4v) is 1.34. The molecule has 0 aliphatic heterocycles. The van der Waals surface area contributed by atoms with Gasteiger partial charge in [0.15, 0.2) is 0 Å². The quantitative estimate of drug-likeness (QED) is 0.883. The van der Waals surface area contributed by atoms with Crippen LogP contribution in [0, 0.1) is 5.82 Å². The number of carbonyl (C=O) groups is 1. The van der Waals surface area contributed by atoms with Crippen molar-refractivity contribution in [3.8, 4) is 0 Å². The molecule has 0 saturated heterocycles. The maximum atomic E-state index is 12.9. The summed E-state index contributed by atoms with van der Waals surface area (Å²) in [5, 5.41) is 2.60. The molecule has 0 heterocycles. The molecule has 0 saturated carbocycles. The number of ether oxygens (including phenoxy) is 1. The Balaban J connectivity index is 2.50. The van der Waals surface area contributed by atoms with Gasteiger partial charge in [0.05, 0.1) is 5.02 Å². The maximum absolute atomic E-state index is 12.9. The molecule has 1 N–H and O–H groups in total. The van der Waals surface area contributed by atoms with Crippen molar-refractivity contribution in [1.29, 1.82) is 0 Å². The minimum atomic E-state index is -0.537. The molecule has 0 bridgehead atoms. The standard InChI is InChI=1S/C12H15ClFNO2/c1-12(2,3)17-11(16)15-7-8-4-5-10(14)9(13)6-8/h4-6H,7H2,1-3H3,(H,15,16). The van der Waals surface area contributed by atoms with Crippen LogP contribution in [-0.4, -0.2) is 11.7 Å². The van der Waals surface area contributed by atoms with E-state index in [1.807, 2.05) is 0 Å². The highest BCUT2D eigenvalue weighted by Gasteiger charge is 2.15. The summed E-state index contributed by atoms with van der Waals surface area (Å²) in [5.41, 5.74) is 0.173. The Labute approximate surface area is 105 Å². The minimum absolute atomic E-state index is 0.0356. The summed E-state index contributed by atoms with van der Waals surface area (Å²) in [5.74, 6) is -0.479. The van der Waals surface area contributed by atoms with Gasteiger partial charge < -0.3 is 10.1 Å². The number of hydrogen-bond donors (Lipinski definition) is 1. The van der Waals surface area contributed by atoms with E-state index >= 15 is 0 Å². The first kappa shape index (κ1) is 13.8. The lowest BCUT2D eigenvalue weighted by atomic mass is 10.2. The second kappa shape index (κ2) is 5.36. The van der Waals surface area contributed by atoms with Crippen LogP contribution in [-0.2, 0) is 11.3 Å². The smallest absolute Gasteiger partial charge is 0.407 e. The van der Waals surface area contributed by atoms with Crippen LogP contribution in [0.1, 0.15) is 26.3 Å². The molecule has 17 heavy (non-hydrogen) atoms. The largest absolute Gasteiger partial charge is 0.444 e. The molecule has 5 heteroatoms. The Morgan fingerprint density at radius 2 is 2.12 bits per heavy atom. The maximum Gasteiger partial charge on any atom is 0.407 e. The molecule has 0 aliphatic carbocycles. The van der Waals surface area contributed by atoms with E-state index in [0.717, 1.165) is 0 Å². The topological polar surface area (TPSA) is 38.3 Å². The lowest BCUT2D eigenvalue weighted by Gasteiger charge is -2.19. The number of benzene rings is 1. The molecule has 0 fully saturated rings. The fraction of sp³-hybridized carbons (Fsp3) is 0.417. The first-order valence-electron chi connectivity index (χ1n) is 5.19. The normalized spacial score (nSPS) is 11.1. The van der Waals surface area contributed by atoms with Crippen molar-refractivity contribution in [2.45, 2.75) is 32.9 Å². The van der Waals surface area contributed by atoms with Crippen LogP contribution in [0.15, 0.2) is 18.2 Å². The molecule has 0 atom stereocenters. The molecule has 0 spiro atoms. The zero-order chi connectivity index (χ0) is 13.1. The molecule has 0 aromatic heterocycles. The van der Waals surface area contributed by atoms with Crippen molar-refractivity contribution in [3.63, 3.8) is 0 Å². The van der Waals surface area contributed by atoms with Crippen molar-refractivity contribution < 1.29 is 13.9 Å². The SMILES string of the molecule is CC(C)(C)OC(=O)NCc1ccc(F)c(Cl)c1. The van der Waals surface area contributed by atoms with E-state index in [-0.39, 0.29) is 11.6 Å².